The van der Waals surface area contributed by atoms with E-state index in [1.54, 1.807) is 6.33 Å². The number of rotatable bonds is 2. The van der Waals surface area contributed by atoms with Gasteiger partial charge in [-0.1, -0.05) is 0 Å². The zero-order chi connectivity index (χ0) is 11.4. The maximum Gasteiger partial charge on any atom is 0.145 e. The Hall–Kier alpha value is -0.940. The van der Waals surface area contributed by atoms with Crippen molar-refractivity contribution in [3.8, 4) is 6.07 Å². The van der Waals surface area contributed by atoms with E-state index in [2.05, 4.69) is 48.4 Å². The lowest BCUT2D eigenvalue weighted by molar-refractivity contribution is 0.286. The van der Waals surface area contributed by atoms with Gasteiger partial charge in [-0.3, -0.25) is 4.90 Å². The molecular formula is C10H12IN5. The molecule has 2 rings (SSSR count). The lowest BCUT2D eigenvalue weighted by Crippen LogP contribution is -2.47. The van der Waals surface area contributed by atoms with Crippen LogP contribution in [0, 0.1) is 14.9 Å². The van der Waals surface area contributed by atoms with E-state index in [-0.39, 0.29) is 0 Å². The minimum Gasteiger partial charge on any atom is -0.353 e. The summed E-state index contributed by atoms with van der Waals surface area (Å²) in [6, 6.07) is 2.18. The largest absolute Gasteiger partial charge is 0.353 e. The van der Waals surface area contributed by atoms with Gasteiger partial charge in [0.1, 0.15) is 12.1 Å². The van der Waals surface area contributed by atoms with Gasteiger partial charge in [-0.25, -0.2) is 9.97 Å². The molecule has 0 bridgehead atoms. The predicted molar refractivity (Wildman–Crippen MR) is 69.0 cm³/mol. The molecule has 0 amide bonds. The summed E-state index contributed by atoms with van der Waals surface area (Å²) in [7, 11) is 0. The highest BCUT2D eigenvalue weighted by Crippen LogP contribution is 2.19. The van der Waals surface area contributed by atoms with Gasteiger partial charge in [-0.2, -0.15) is 5.26 Å². The van der Waals surface area contributed by atoms with Crippen molar-refractivity contribution in [3.63, 3.8) is 0 Å². The van der Waals surface area contributed by atoms with Crippen molar-refractivity contribution in [2.75, 3.05) is 37.6 Å². The second-order valence-corrected chi connectivity index (χ2v) is 4.78. The highest BCUT2D eigenvalue weighted by Gasteiger charge is 2.19. The average Bonchev–Trinajstić information content (AvgIpc) is 2.31. The summed E-state index contributed by atoms with van der Waals surface area (Å²) in [5, 5.41) is 8.62. The van der Waals surface area contributed by atoms with E-state index in [0.717, 1.165) is 35.6 Å². The lowest BCUT2D eigenvalue weighted by Gasteiger charge is -2.34. The fourth-order valence-electron chi connectivity index (χ4n) is 1.76. The Labute approximate surface area is 108 Å². The van der Waals surface area contributed by atoms with Gasteiger partial charge in [0.2, 0.25) is 0 Å². The first-order valence-electron chi connectivity index (χ1n) is 5.11. The Morgan fingerprint density at radius 2 is 2.12 bits per heavy atom. The van der Waals surface area contributed by atoms with E-state index in [1.807, 2.05) is 6.20 Å². The fourth-order valence-corrected chi connectivity index (χ4v) is 2.40. The second-order valence-electron chi connectivity index (χ2n) is 3.62. The molecule has 0 atom stereocenters. The van der Waals surface area contributed by atoms with Crippen molar-refractivity contribution >= 4 is 28.4 Å². The number of piperazine rings is 1. The van der Waals surface area contributed by atoms with Crippen molar-refractivity contribution in [1.82, 2.24) is 14.9 Å². The van der Waals surface area contributed by atoms with Crippen LogP contribution in [-0.2, 0) is 0 Å². The highest BCUT2D eigenvalue weighted by molar-refractivity contribution is 14.1. The zero-order valence-corrected chi connectivity index (χ0v) is 11.0. The molecule has 1 fully saturated rings. The molecule has 2 heterocycles. The summed E-state index contributed by atoms with van der Waals surface area (Å²) in [5.74, 6) is 1.01. The van der Waals surface area contributed by atoms with Crippen LogP contribution < -0.4 is 4.90 Å². The minimum atomic E-state index is 0.523. The molecule has 0 aromatic carbocycles. The van der Waals surface area contributed by atoms with E-state index in [4.69, 9.17) is 5.26 Å². The topological polar surface area (TPSA) is 56.1 Å². The number of hydrogen-bond acceptors (Lipinski definition) is 5. The standard InChI is InChI=1S/C10H12IN5/c11-9-7-13-8-14-10(9)16-5-3-15(2-1-12)4-6-16/h7-8H,2-6H2. The van der Waals surface area contributed by atoms with Crippen LogP contribution in [0.15, 0.2) is 12.5 Å². The number of nitriles is 1. The predicted octanol–water partition coefficient (Wildman–Crippen LogP) is 0.727. The summed E-state index contributed by atoms with van der Waals surface area (Å²) in [4.78, 5) is 12.7. The van der Waals surface area contributed by atoms with Crippen LogP contribution in [0.25, 0.3) is 0 Å². The van der Waals surface area contributed by atoms with Gasteiger partial charge in [0, 0.05) is 32.4 Å². The molecule has 0 radical (unpaired) electrons. The molecule has 0 N–H and O–H groups in total. The molecule has 1 saturated heterocycles. The summed E-state index contributed by atoms with van der Waals surface area (Å²) < 4.78 is 1.08. The molecule has 0 unspecified atom stereocenters. The normalized spacial score (nSPS) is 17.1. The van der Waals surface area contributed by atoms with Gasteiger partial charge in [-0.15, -0.1) is 0 Å². The first-order chi connectivity index (χ1) is 7.81. The van der Waals surface area contributed by atoms with Crippen LogP contribution in [0.3, 0.4) is 0 Å². The number of halogens is 1. The molecule has 16 heavy (non-hydrogen) atoms. The fraction of sp³-hybridized carbons (Fsp3) is 0.500. The van der Waals surface area contributed by atoms with Crippen LogP contribution >= 0.6 is 22.6 Å². The molecule has 1 aromatic rings. The monoisotopic (exact) mass is 329 g/mol. The van der Waals surface area contributed by atoms with E-state index < -0.39 is 0 Å². The summed E-state index contributed by atoms with van der Waals surface area (Å²) in [5.41, 5.74) is 0. The quantitative estimate of drug-likeness (QED) is 0.591. The maximum atomic E-state index is 8.62. The first-order valence-corrected chi connectivity index (χ1v) is 6.19. The van der Waals surface area contributed by atoms with Crippen molar-refractivity contribution in [2.45, 2.75) is 0 Å². The molecule has 1 aliphatic heterocycles. The molecule has 1 aromatic heterocycles. The number of nitrogens with zero attached hydrogens (tertiary/aromatic N) is 5. The summed E-state index contributed by atoms with van der Waals surface area (Å²) in [6.07, 6.45) is 3.41. The van der Waals surface area contributed by atoms with Gasteiger partial charge >= 0.3 is 0 Å². The van der Waals surface area contributed by atoms with Crippen LogP contribution in [0.4, 0.5) is 5.82 Å². The molecular weight excluding hydrogens is 317 g/mol. The van der Waals surface area contributed by atoms with Crippen molar-refractivity contribution < 1.29 is 0 Å². The Kier molecular flexibility index (Phi) is 3.90. The summed E-state index contributed by atoms with van der Waals surface area (Å²) in [6.45, 7) is 4.22. The third-order valence-electron chi connectivity index (χ3n) is 2.61. The first kappa shape index (κ1) is 11.5. The van der Waals surface area contributed by atoms with E-state index in [0.29, 0.717) is 6.54 Å². The van der Waals surface area contributed by atoms with Crippen LogP contribution in [0.5, 0.6) is 0 Å². The van der Waals surface area contributed by atoms with E-state index in [1.165, 1.54) is 0 Å². The Morgan fingerprint density at radius 1 is 1.38 bits per heavy atom. The average molecular weight is 329 g/mol. The molecule has 5 nitrogen and oxygen atoms in total. The molecule has 6 heteroatoms. The van der Waals surface area contributed by atoms with Gasteiger partial charge < -0.3 is 4.90 Å². The van der Waals surface area contributed by atoms with Crippen LogP contribution in [0.1, 0.15) is 0 Å². The van der Waals surface area contributed by atoms with Crippen molar-refractivity contribution in [2.24, 2.45) is 0 Å². The molecule has 0 aliphatic carbocycles. The SMILES string of the molecule is N#CCN1CCN(c2ncncc2I)CC1. The van der Waals surface area contributed by atoms with Gasteiger partial charge in [-0.05, 0) is 22.6 Å². The van der Waals surface area contributed by atoms with Gasteiger partial charge in [0.05, 0.1) is 16.2 Å². The Balaban J connectivity index is 2.00. The Morgan fingerprint density at radius 3 is 2.75 bits per heavy atom. The molecule has 0 spiro atoms. The molecule has 1 aliphatic rings. The zero-order valence-electron chi connectivity index (χ0n) is 8.80. The van der Waals surface area contributed by atoms with E-state index >= 15 is 0 Å². The molecule has 84 valence electrons. The number of aromatic nitrogens is 2. The van der Waals surface area contributed by atoms with Crippen molar-refractivity contribution in [3.05, 3.63) is 16.1 Å². The maximum absolute atomic E-state index is 8.62. The van der Waals surface area contributed by atoms with Crippen LogP contribution in [0.2, 0.25) is 0 Å². The smallest absolute Gasteiger partial charge is 0.145 e. The van der Waals surface area contributed by atoms with Crippen molar-refractivity contribution in [1.29, 1.82) is 5.26 Å². The third-order valence-corrected chi connectivity index (χ3v) is 3.38. The number of anilines is 1. The number of hydrogen-bond donors (Lipinski definition) is 0. The highest BCUT2D eigenvalue weighted by atomic mass is 127. The van der Waals surface area contributed by atoms with Gasteiger partial charge in [0.25, 0.3) is 0 Å². The molecule has 0 saturated carbocycles. The van der Waals surface area contributed by atoms with Gasteiger partial charge in [0.15, 0.2) is 0 Å². The van der Waals surface area contributed by atoms with E-state index in [9.17, 15) is 0 Å². The second kappa shape index (κ2) is 5.41. The summed E-state index contributed by atoms with van der Waals surface area (Å²) >= 11 is 2.25. The lowest BCUT2D eigenvalue weighted by atomic mass is 10.3. The third kappa shape index (κ3) is 2.59. The Bertz CT molecular complexity index is 394. The minimum absolute atomic E-state index is 0.523. The van der Waals surface area contributed by atoms with Crippen LogP contribution in [-0.4, -0.2) is 47.6 Å².